The van der Waals surface area contributed by atoms with E-state index in [4.69, 9.17) is 5.11 Å². The van der Waals surface area contributed by atoms with E-state index in [1.807, 2.05) is 24.3 Å². The summed E-state index contributed by atoms with van der Waals surface area (Å²) in [6, 6.07) is 7.38. The molecule has 1 aromatic carbocycles. The Morgan fingerprint density at radius 3 is 2.78 bits per heavy atom. The van der Waals surface area contributed by atoms with Crippen molar-refractivity contribution in [3.05, 3.63) is 50.0 Å². The van der Waals surface area contributed by atoms with Crippen LogP contribution in [0.2, 0.25) is 0 Å². The van der Waals surface area contributed by atoms with Crippen molar-refractivity contribution in [1.82, 2.24) is 5.32 Å². The average molecular weight is 502 g/mol. The van der Waals surface area contributed by atoms with Crippen LogP contribution in [0.15, 0.2) is 44.4 Å². The minimum Gasteiger partial charge on any atom is -0.481 e. The number of nitrogens with zero attached hydrogens (tertiary/aromatic N) is 1. The van der Waals surface area contributed by atoms with E-state index in [1.165, 1.54) is 4.31 Å². The molecule has 2 N–H and O–H groups in total. The molecule has 0 spiro atoms. The second kappa shape index (κ2) is 8.32. The number of hydrogen-bond donors (Lipinski definition) is 2. The maximum absolute atomic E-state index is 13.2. The molecule has 0 saturated carbocycles. The van der Waals surface area contributed by atoms with Gasteiger partial charge in [-0.3, -0.25) is 9.10 Å². The van der Waals surface area contributed by atoms with Gasteiger partial charge in [-0.05, 0) is 81.7 Å². The summed E-state index contributed by atoms with van der Waals surface area (Å²) in [5.74, 6) is -0.792. The van der Waals surface area contributed by atoms with E-state index in [0.29, 0.717) is 30.0 Å². The van der Waals surface area contributed by atoms with Crippen LogP contribution in [0.4, 0.5) is 5.69 Å². The molecular formula is C19H23IN2O4S. The number of carboxylic acid groups (broad SMARTS) is 1. The number of aliphatic carboxylic acids is 1. The number of hydrogen-bond acceptors (Lipinski definition) is 4. The molecule has 0 radical (unpaired) electrons. The fourth-order valence-corrected chi connectivity index (χ4v) is 5.93. The molecule has 8 heteroatoms. The van der Waals surface area contributed by atoms with Crippen LogP contribution < -0.4 is 9.62 Å². The SMILES string of the molecule is CN1c2ccccc2C(NCCCCC(=O)O)C2=C(C=C(I)CC2)S1(=O)=O. The summed E-state index contributed by atoms with van der Waals surface area (Å²) in [5, 5.41) is 12.3. The fraction of sp³-hybridized carbons (Fsp3) is 0.421. The van der Waals surface area contributed by atoms with E-state index in [1.54, 1.807) is 13.1 Å². The number of halogens is 1. The highest BCUT2D eigenvalue weighted by Gasteiger charge is 2.37. The summed E-state index contributed by atoms with van der Waals surface area (Å²) >= 11 is 2.20. The quantitative estimate of drug-likeness (QED) is 0.458. The molecule has 1 heterocycles. The van der Waals surface area contributed by atoms with E-state index in [-0.39, 0.29) is 12.5 Å². The molecule has 0 aromatic heterocycles. The average Bonchev–Trinajstić information content (AvgIpc) is 2.70. The van der Waals surface area contributed by atoms with Gasteiger partial charge in [0.1, 0.15) is 0 Å². The minimum absolute atomic E-state index is 0.148. The van der Waals surface area contributed by atoms with Crippen molar-refractivity contribution < 1.29 is 18.3 Å². The molecule has 0 bridgehead atoms. The Labute approximate surface area is 173 Å². The normalized spacial score (nSPS) is 21.2. The predicted octanol–water partition coefficient (Wildman–Crippen LogP) is 3.72. The van der Waals surface area contributed by atoms with Crippen LogP contribution in [0.5, 0.6) is 0 Å². The Balaban J connectivity index is 1.98. The van der Waals surface area contributed by atoms with E-state index in [9.17, 15) is 13.2 Å². The molecule has 2 aliphatic rings. The molecule has 0 fully saturated rings. The summed E-state index contributed by atoms with van der Waals surface area (Å²) < 4.78 is 28.8. The third kappa shape index (κ3) is 4.22. The molecule has 146 valence electrons. The zero-order chi connectivity index (χ0) is 19.6. The fourth-order valence-electron chi connectivity index (χ4n) is 3.58. The summed E-state index contributed by atoms with van der Waals surface area (Å²) in [7, 11) is -2.01. The lowest BCUT2D eigenvalue weighted by Crippen LogP contribution is -2.27. The number of para-hydroxylation sites is 1. The number of carboxylic acids is 1. The van der Waals surface area contributed by atoms with Gasteiger partial charge in [0.15, 0.2) is 0 Å². The third-order valence-electron chi connectivity index (χ3n) is 4.98. The highest BCUT2D eigenvalue weighted by atomic mass is 127. The number of benzene rings is 1. The van der Waals surface area contributed by atoms with Crippen LogP contribution in [0, 0.1) is 0 Å². The molecule has 1 aliphatic heterocycles. The molecular weight excluding hydrogens is 479 g/mol. The first-order chi connectivity index (χ1) is 12.8. The number of sulfonamides is 1. The second-order valence-corrected chi connectivity index (χ2v) is 10.1. The van der Waals surface area contributed by atoms with Crippen molar-refractivity contribution in [2.24, 2.45) is 0 Å². The summed E-state index contributed by atoms with van der Waals surface area (Å²) in [4.78, 5) is 11.1. The van der Waals surface area contributed by atoms with Crippen molar-refractivity contribution in [2.75, 3.05) is 17.9 Å². The number of anilines is 1. The molecule has 0 amide bonds. The van der Waals surface area contributed by atoms with E-state index >= 15 is 0 Å². The highest BCUT2D eigenvalue weighted by Crippen LogP contribution is 2.44. The van der Waals surface area contributed by atoms with Gasteiger partial charge >= 0.3 is 5.97 Å². The molecule has 1 aromatic rings. The highest BCUT2D eigenvalue weighted by molar-refractivity contribution is 14.1. The lowest BCUT2D eigenvalue weighted by Gasteiger charge is -2.25. The maximum atomic E-state index is 13.2. The van der Waals surface area contributed by atoms with Gasteiger partial charge in [0.05, 0.1) is 16.6 Å². The van der Waals surface area contributed by atoms with E-state index < -0.39 is 16.0 Å². The first-order valence-corrected chi connectivity index (χ1v) is 11.5. The van der Waals surface area contributed by atoms with Gasteiger partial charge in [-0.2, -0.15) is 0 Å². The van der Waals surface area contributed by atoms with E-state index in [2.05, 4.69) is 27.9 Å². The first-order valence-electron chi connectivity index (χ1n) is 8.94. The van der Waals surface area contributed by atoms with Crippen LogP contribution in [0.25, 0.3) is 0 Å². The van der Waals surface area contributed by atoms with Crippen molar-refractivity contribution >= 4 is 44.3 Å². The Hall–Kier alpha value is -1.39. The molecule has 1 aliphatic carbocycles. The van der Waals surface area contributed by atoms with Crippen LogP contribution in [0.1, 0.15) is 43.7 Å². The number of allylic oxidation sites excluding steroid dienone is 2. The van der Waals surface area contributed by atoms with Gasteiger partial charge in [0, 0.05) is 13.5 Å². The van der Waals surface area contributed by atoms with E-state index in [0.717, 1.165) is 27.6 Å². The van der Waals surface area contributed by atoms with Gasteiger partial charge in [-0.25, -0.2) is 8.42 Å². The van der Waals surface area contributed by atoms with Gasteiger partial charge in [0.25, 0.3) is 10.0 Å². The molecule has 3 rings (SSSR count). The number of carbonyl (C=O) groups is 1. The van der Waals surface area contributed by atoms with Crippen LogP contribution in [-0.4, -0.2) is 33.1 Å². The van der Waals surface area contributed by atoms with Crippen molar-refractivity contribution in [3.63, 3.8) is 0 Å². The van der Waals surface area contributed by atoms with Gasteiger partial charge in [0.2, 0.25) is 0 Å². The van der Waals surface area contributed by atoms with Crippen LogP contribution in [0.3, 0.4) is 0 Å². The van der Waals surface area contributed by atoms with Crippen LogP contribution in [-0.2, 0) is 14.8 Å². The Morgan fingerprint density at radius 1 is 1.30 bits per heavy atom. The van der Waals surface area contributed by atoms with Crippen molar-refractivity contribution in [3.8, 4) is 0 Å². The summed E-state index contributed by atoms with van der Waals surface area (Å²) in [6.45, 7) is 0.633. The lowest BCUT2D eigenvalue weighted by molar-refractivity contribution is -0.137. The largest absolute Gasteiger partial charge is 0.481 e. The number of rotatable bonds is 6. The summed E-state index contributed by atoms with van der Waals surface area (Å²) in [5.41, 5.74) is 2.51. The number of fused-ring (bicyclic) bond motifs is 1. The smallest absolute Gasteiger partial charge is 0.303 e. The van der Waals surface area contributed by atoms with Crippen molar-refractivity contribution in [2.45, 2.75) is 38.1 Å². The van der Waals surface area contributed by atoms with Gasteiger partial charge in [-0.15, -0.1) is 0 Å². The Kier molecular flexibility index (Phi) is 6.27. The third-order valence-corrected chi connectivity index (χ3v) is 7.68. The zero-order valence-corrected chi connectivity index (χ0v) is 18.1. The molecule has 1 atom stereocenters. The zero-order valence-electron chi connectivity index (χ0n) is 15.1. The predicted molar refractivity (Wildman–Crippen MR) is 114 cm³/mol. The lowest BCUT2D eigenvalue weighted by atomic mass is 9.91. The first kappa shape index (κ1) is 20.3. The van der Waals surface area contributed by atoms with Crippen LogP contribution >= 0.6 is 22.6 Å². The number of unbranched alkanes of at least 4 members (excludes halogenated alkanes) is 1. The van der Waals surface area contributed by atoms with Crippen molar-refractivity contribution in [1.29, 1.82) is 0 Å². The Bertz CT molecular complexity index is 908. The Morgan fingerprint density at radius 2 is 2.04 bits per heavy atom. The maximum Gasteiger partial charge on any atom is 0.303 e. The van der Waals surface area contributed by atoms with Gasteiger partial charge < -0.3 is 10.4 Å². The topological polar surface area (TPSA) is 86.7 Å². The summed E-state index contributed by atoms with van der Waals surface area (Å²) in [6.07, 6.45) is 4.78. The molecule has 0 saturated heterocycles. The second-order valence-electron chi connectivity index (χ2n) is 6.75. The molecule has 27 heavy (non-hydrogen) atoms. The molecule has 6 nitrogen and oxygen atoms in total. The van der Waals surface area contributed by atoms with Gasteiger partial charge in [-0.1, -0.05) is 18.2 Å². The molecule has 1 unspecified atom stereocenters. The number of nitrogens with one attached hydrogen (secondary N) is 1. The monoisotopic (exact) mass is 502 g/mol. The standard InChI is InChI=1S/C19H23IN2O4S/c1-22-16-7-3-2-6-14(16)19(21-11-5-4-8-18(23)24)15-10-9-13(20)12-17(15)27(22,25)26/h2-3,6-7,12,19,21H,4-5,8-11H2,1H3,(H,23,24). The minimum atomic E-state index is -3.61.